The Hall–Kier alpha value is -0.570. The summed E-state index contributed by atoms with van der Waals surface area (Å²) in [4.78, 5) is 11.0. The van der Waals surface area contributed by atoms with E-state index in [9.17, 15) is 4.79 Å². The molecule has 0 radical (unpaired) electrons. The van der Waals surface area contributed by atoms with Crippen molar-refractivity contribution in [1.82, 2.24) is 0 Å². The summed E-state index contributed by atoms with van der Waals surface area (Å²) in [5, 5.41) is 9.03. The number of carbonyl (C=O) groups is 1. The Bertz CT molecular complexity index is 470. The van der Waals surface area contributed by atoms with Crippen LogP contribution in [0, 0.1) is 28.6 Å². The Balaban J connectivity index is 1.77. The van der Waals surface area contributed by atoms with Crippen LogP contribution in [-0.4, -0.2) is 23.3 Å². The summed E-state index contributed by atoms with van der Waals surface area (Å²) in [5.74, 6) is 1.07. The molecule has 6 atom stereocenters. The van der Waals surface area contributed by atoms with E-state index in [-0.39, 0.29) is 11.5 Å². The Morgan fingerprint density at radius 1 is 1.30 bits per heavy atom. The zero-order chi connectivity index (χ0) is 16.9. The first-order chi connectivity index (χ1) is 10.7. The molecule has 0 aromatic heterocycles. The molecule has 3 nitrogen and oxygen atoms in total. The lowest BCUT2D eigenvalue weighted by atomic mass is 9.44. The number of hydrogen-bond acceptors (Lipinski definition) is 2. The average molecular weight is 322 g/mol. The summed E-state index contributed by atoms with van der Waals surface area (Å²) in [5.41, 5.74) is 0.853. The number of fused-ring (bicyclic) bond motifs is 2. The predicted molar refractivity (Wildman–Crippen MR) is 91.3 cm³/mol. The van der Waals surface area contributed by atoms with Crippen LogP contribution in [0.15, 0.2) is 0 Å². The van der Waals surface area contributed by atoms with Gasteiger partial charge in [0.05, 0.1) is 12.2 Å². The van der Waals surface area contributed by atoms with Crippen LogP contribution in [0.25, 0.3) is 0 Å². The quantitative estimate of drug-likeness (QED) is 0.733. The zero-order valence-corrected chi connectivity index (χ0v) is 15.4. The van der Waals surface area contributed by atoms with Gasteiger partial charge in [0, 0.05) is 11.8 Å². The molecule has 3 fully saturated rings. The van der Waals surface area contributed by atoms with Gasteiger partial charge in [-0.3, -0.25) is 4.79 Å². The summed E-state index contributed by atoms with van der Waals surface area (Å²) in [7, 11) is 0. The lowest BCUT2D eigenvalue weighted by Crippen LogP contribution is -2.56. The largest absolute Gasteiger partial charge is 0.481 e. The van der Waals surface area contributed by atoms with Crippen LogP contribution in [-0.2, 0) is 9.53 Å². The maximum atomic E-state index is 11.0. The molecule has 3 aliphatic rings. The van der Waals surface area contributed by atoms with Gasteiger partial charge >= 0.3 is 5.97 Å². The van der Waals surface area contributed by atoms with Gasteiger partial charge in [-0.1, -0.05) is 34.1 Å². The summed E-state index contributed by atoms with van der Waals surface area (Å²) >= 11 is 0. The van der Waals surface area contributed by atoms with Crippen LogP contribution in [0.1, 0.15) is 79.1 Å². The van der Waals surface area contributed by atoms with Gasteiger partial charge in [-0.15, -0.1) is 0 Å². The van der Waals surface area contributed by atoms with E-state index in [0.717, 1.165) is 24.9 Å². The standard InChI is InChI=1S/C20H34O3/c1-14(12-17(21)22)7-10-18(3)15(2)8-11-19(4)16(18)6-5-9-20(19)13-23-20/h14-16H,5-13H2,1-4H3,(H,21,22)/t14-,15+,16+,18-,19+,20-/m0/s1. The Morgan fingerprint density at radius 2 is 2.00 bits per heavy atom. The van der Waals surface area contributed by atoms with Gasteiger partial charge < -0.3 is 9.84 Å². The fourth-order valence-electron chi connectivity index (χ4n) is 6.10. The van der Waals surface area contributed by atoms with E-state index in [0.29, 0.717) is 17.3 Å². The minimum absolute atomic E-state index is 0.185. The highest BCUT2D eigenvalue weighted by Gasteiger charge is 2.67. The SMILES string of the molecule is C[C@@H](CC[C@@]1(C)[C@H](C)CC[C@]2(C)[C@@H]1CCC[C@]21CO1)CC(=O)O. The molecule has 0 amide bonds. The van der Waals surface area contributed by atoms with Crippen LogP contribution in [0.3, 0.4) is 0 Å². The van der Waals surface area contributed by atoms with E-state index in [1.807, 2.05) is 0 Å². The molecule has 3 rings (SSSR count). The lowest BCUT2D eigenvalue weighted by Gasteiger charge is -2.60. The summed E-state index contributed by atoms with van der Waals surface area (Å²) in [6.07, 6.45) is 8.98. The first kappa shape index (κ1) is 17.3. The summed E-state index contributed by atoms with van der Waals surface area (Å²) in [6, 6.07) is 0. The van der Waals surface area contributed by atoms with Gasteiger partial charge in [-0.2, -0.15) is 0 Å². The van der Waals surface area contributed by atoms with Crippen molar-refractivity contribution in [3.05, 3.63) is 0 Å². The molecule has 2 saturated carbocycles. The maximum Gasteiger partial charge on any atom is 0.303 e. The second-order valence-electron chi connectivity index (χ2n) is 9.33. The van der Waals surface area contributed by atoms with Crippen molar-refractivity contribution in [3.63, 3.8) is 0 Å². The molecule has 2 aliphatic carbocycles. The molecule has 1 N–H and O–H groups in total. The van der Waals surface area contributed by atoms with Gasteiger partial charge in [0.2, 0.25) is 0 Å². The maximum absolute atomic E-state index is 11.0. The highest BCUT2D eigenvalue weighted by Crippen LogP contribution is 2.68. The number of hydrogen-bond donors (Lipinski definition) is 1. The fraction of sp³-hybridized carbons (Fsp3) is 0.950. The molecule has 1 spiro atoms. The van der Waals surface area contributed by atoms with Gasteiger partial charge in [-0.05, 0) is 61.7 Å². The Kier molecular flexibility index (Phi) is 4.32. The third kappa shape index (κ3) is 2.73. The number of carboxylic acids is 1. The highest BCUT2D eigenvalue weighted by molar-refractivity contribution is 5.66. The van der Waals surface area contributed by atoms with Gasteiger partial charge in [-0.25, -0.2) is 0 Å². The van der Waals surface area contributed by atoms with E-state index >= 15 is 0 Å². The van der Waals surface area contributed by atoms with Crippen molar-refractivity contribution >= 4 is 5.97 Å². The van der Waals surface area contributed by atoms with E-state index in [1.165, 1.54) is 38.5 Å². The van der Waals surface area contributed by atoms with E-state index in [2.05, 4.69) is 27.7 Å². The minimum atomic E-state index is -0.660. The third-order valence-corrected chi connectivity index (χ3v) is 8.09. The minimum Gasteiger partial charge on any atom is -0.481 e. The van der Waals surface area contributed by atoms with Crippen molar-refractivity contribution in [2.45, 2.75) is 84.7 Å². The molecule has 1 aliphatic heterocycles. The molecule has 0 bridgehead atoms. The van der Waals surface area contributed by atoms with Crippen LogP contribution in [0.2, 0.25) is 0 Å². The van der Waals surface area contributed by atoms with Crippen LogP contribution < -0.4 is 0 Å². The van der Waals surface area contributed by atoms with Crippen molar-refractivity contribution < 1.29 is 14.6 Å². The Morgan fingerprint density at radius 3 is 2.61 bits per heavy atom. The number of carboxylic acid groups (broad SMARTS) is 1. The summed E-state index contributed by atoms with van der Waals surface area (Å²) in [6.45, 7) is 10.5. The van der Waals surface area contributed by atoms with Gasteiger partial charge in [0.15, 0.2) is 0 Å². The molecule has 0 aromatic carbocycles. The second-order valence-corrected chi connectivity index (χ2v) is 9.33. The van der Waals surface area contributed by atoms with Crippen molar-refractivity contribution in [3.8, 4) is 0 Å². The van der Waals surface area contributed by atoms with Crippen LogP contribution >= 0.6 is 0 Å². The zero-order valence-electron chi connectivity index (χ0n) is 15.4. The molecular formula is C20H34O3. The number of rotatable bonds is 5. The lowest BCUT2D eigenvalue weighted by molar-refractivity contribution is -0.138. The smallest absolute Gasteiger partial charge is 0.303 e. The normalized spacial score (nSPS) is 47.1. The molecule has 1 saturated heterocycles. The van der Waals surface area contributed by atoms with E-state index < -0.39 is 5.97 Å². The first-order valence-electron chi connectivity index (χ1n) is 9.59. The fourth-order valence-corrected chi connectivity index (χ4v) is 6.10. The number of ether oxygens (including phenoxy) is 1. The number of epoxide rings is 1. The van der Waals surface area contributed by atoms with Crippen molar-refractivity contribution in [1.29, 1.82) is 0 Å². The Labute approximate surface area is 141 Å². The third-order valence-electron chi connectivity index (χ3n) is 8.09. The summed E-state index contributed by atoms with van der Waals surface area (Å²) < 4.78 is 6.04. The van der Waals surface area contributed by atoms with Crippen molar-refractivity contribution in [2.75, 3.05) is 6.61 Å². The monoisotopic (exact) mass is 322 g/mol. The molecule has 1 heterocycles. The van der Waals surface area contributed by atoms with Gasteiger partial charge in [0.1, 0.15) is 0 Å². The topological polar surface area (TPSA) is 49.8 Å². The predicted octanol–water partition coefficient (Wildman–Crippen LogP) is 4.89. The molecule has 23 heavy (non-hydrogen) atoms. The molecule has 3 heteroatoms. The van der Waals surface area contributed by atoms with Crippen LogP contribution in [0.5, 0.6) is 0 Å². The van der Waals surface area contributed by atoms with E-state index in [1.54, 1.807) is 0 Å². The number of aliphatic carboxylic acids is 1. The average Bonchev–Trinajstić information content (AvgIpc) is 3.25. The van der Waals surface area contributed by atoms with Crippen LogP contribution in [0.4, 0.5) is 0 Å². The molecule has 132 valence electrons. The first-order valence-corrected chi connectivity index (χ1v) is 9.59. The van der Waals surface area contributed by atoms with Gasteiger partial charge in [0.25, 0.3) is 0 Å². The van der Waals surface area contributed by atoms with Crippen molar-refractivity contribution in [2.24, 2.45) is 28.6 Å². The highest BCUT2D eigenvalue weighted by atomic mass is 16.6. The molecular weight excluding hydrogens is 288 g/mol. The van der Waals surface area contributed by atoms with E-state index in [4.69, 9.17) is 9.84 Å². The molecule has 0 unspecified atom stereocenters. The second kappa shape index (κ2) is 5.75. The molecule has 0 aromatic rings.